The Labute approximate surface area is 77.4 Å². The number of amidine groups is 1. The predicted molar refractivity (Wildman–Crippen MR) is 49.1 cm³/mol. The van der Waals surface area contributed by atoms with Gasteiger partial charge in [-0.2, -0.15) is 0 Å². The van der Waals surface area contributed by atoms with Gasteiger partial charge in [-0.25, -0.2) is 4.79 Å². The second kappa shape index (κ2) is 5.20. The van der Waals surface area contributed by atoms with Crippen molar-refractivity contribution in [1.29, 1.82) is 0 Å². The summed E-state index contributed by atoms with van der Waals surface area (Å²) in [6.07, 6.45) is 3.94. The van der Waals surface area contributed by atoms with Crippen molar-refractivity contribution in [3.05, 3.63) is 0 Å². The molecule has 0 bridgehead atoms. The van der Waals surface area contributed by atoms with E-state index in [0.29, 0.717) is 13.0 Å². The summed E-state index contributed by atoms with van der Waals surface area (Å²) >= 11 is 0. The lowest BCUT2D eigenvalue weighted by atomic mass is 10.3. The summed E-state index contributed by atoms with van der Waals surface area (Å²) in [6.45, 7) is 3.34. The van der Waals surface area contributed by atoms with E-state index < -0.39 is 5.97 Å². The molecule has 0 aromatic rings. The van der Waals surface area contributed by atoms with Crippen LogP contribution < -0.4 is 5.32 Å². The number of carbonyl (C=O) groups excluding carboxylic acids is 1. The van der Waals surface area contributed by atoms with Crippen molar-refractivity contribution >= 4 is 11.8 Å². The first-order valence-electron chi connectivity index (χ1n) is 4.32. The molecule has 4 nitrogen and oxygen atoms in total. The first-order chi connectivity index (χ1) is 6.34. The standard InChI is InChI=1S/C9H12N2O2/c1-2-3-7-13-9(12)8-10-5-4-6-11-8/h2,4-6H2,1H3,(H,10,11). The molecule has 4 heteroatoms. The minimum atomic E-state index is -0.486. The fourth-order valence-electron chi connectivity index (χ4n) is 0.872. The summed E-state index contributed by atoms with van der Waals surface area (Å²) < 4.78 is 4.63. The minimum absolute atomic E-state index is 0.289. The number of aliphatic imine (C=N–C) groups is 1. The third-order valence-corrected chi connectivity index (χ3v) is 1.48. The molecule has 0 radical (unpaired) electrons. The molecular formula is C9H12N2O2. The zero-order valence-corrected chi connectivity index (χ0v) is 7.59. The van der Waals surface area contributed by atoms with Gasteiger partial charge in [0.05, 0.1) is 0 Å². The monoisotopic (exact) mass is 180 g/mol. The molecule has 0 spiro atoms. The molecule has 13 heavy (non-hydrogen) atoms. The molecule has 0 saturated heterocycles. The molecule has 70 valence electrons. The van der Waals surface area contributed by atoms with Gasteiger partial charge in [-0.3, -0.25) is 4.99 Å². The van der Waals surface area contributed by atoms with Gasteiger partial charge >= 0.3 is 5.97 Å². The van der Waals surface area contributed by atoms with Crippen LogP contribution in [0, 0.1) is 12.0 Å². The molecule has 0 saturated carbocycles. The molecule has 0 aromatic carbocycles. The smallest absolute Gasteiger partial charge is 0.366 e. The summed E-state index contributed by atoms with van der Waals surface area (Å²) in [6, 6.07) is 0. The van der Waals surface area contributed by atoms with Crippen molar-refractivity contribution in [2.45, 2.75) is 19.8 Å². The van der Waals surface area contributed by atoms with E-state index in [9.17, 15) is 4.79 Å². The van der Waals surface area contributed by atoms with Crippen LogP contribution in [0.15, 0.2) is 4.99 Å². The van der Waals surface area contributed by atoms with E-state index >= 15 is 0 Å². The molecule has 1 N–H and O–H groups in total. The summed E-state index contributed by atoms with van der Waals surface area (Å²) in [5.41, 5.74) is 0. The fourth-order valence-corrected chi connectivity index (χ4v) is 0.872. The summed E-state index contributed by atoms with van der Waals surface area (Å²) in [5.74, 6) is 2.45. The Kier molecular flexibility index (Phi) is 3.83. The molecule has 1 heterocycles. The third-order valence-electron chi connectivity index (χ3n) is 1.48. The Bertz CT molecular complexity index is 273. The van der Waals surface area contributed by atoms with Crippen LogP contribution in [0.4, 0.5) is 0 Å². The summed E-state index contributed by atoms with van der Waals surface area (Å²) in [5, 5.41) is 2.85. The van der Waals surface area contributed by atoms with E-state index in [0.717, 1.165) is 13.0 Å². The maximum Gasteiger partial charge on any atom is 0.387 e. The van der Waals surface area contributed by atoms with E-state index in [4.69, 9.17) is 0 Å². The topological polar surface area (TPSA) is 50.7 Å². The third kappa shape index (κ3) is 3.16. The van der Waals surface area contributed by atoms with Gasteiger partial charge in [-0.05, 0) is 6.42 Å². The van der Waals surface area contributed by atoms with Crippen LogP contribution in [0.5, 0.6) is 0 Å². The van der Waals surface area contributed by atoms with Gasteiger partial charge in [0.25, 0.3) is 0 Å². The van der Waals surface area contributed by atoms with Gasteiger partial charge in [0, 0.05) is 19.5 Å². The zero-order valence-electron chi connectivity index (χ0n) is 7.59. The molecular weight excluding hydrogens is 168 g/mol. The Balaban J connectivity index is 2.42. The SMILES string of the molecule is CCC#COC(=O)C1=NCCCN1. The van der Waals surface area contributed by atoms with Crippen molar-refractivity contribution in [3.8, 4) is 12.0 Å². The van der Waals surface area contributed by atoms with E-state index in [1.807, 2.05) is 6.92 Å². The average molecular weight is 180 g/mol. The molecule has 1 aliphatic heterocycles. The number of esters is 1. The summed E-state index contributed by atoms with van der Waals surface area (Å²) in [4.78, 5) is 15.1. The van der Waals surface area contributed by atoms with Crippen LogP contribution in [0.2, 0.25) is 0 Å². The molecule has 0 unspecified atom stereocenters. The van der Waals surface area contributed by atoms with Crippen LogP contribution in [-0.4, -0.2) is 24.9 Å². The van der Waals surface area contributed by atoms with Crippen LogP contribution in [0.3, 0.4) is 0 Å². The maximum absolute atomic E-state index is 11.2. The van der Waals surface area contributed by atoms with Crippen molar-refractivity contribution < 1.29 is 9.53 Å². The second-order valence-electron chi connectivity index (χ2n) is 2.53. The Morgan fingerprint density at radius 2 is 2.62 bits per heavy atom. The second-order valence-corrected chi connectivity index (χ2v) is 2.53. The van der Waals surface area contributed by atoms with E-state index in [2.05, 4.69) is 27.1 Å². The van der Waals surface area contributed by atoms with E-state index in [-0.39, 0.29) is 5.84 Å². The normalized spacial score (nSPS) is 14.7. The van der Waals surface area contributed by atoms with Crippen molar-refractivity contribution in [1.82, 2.24) is 5.32 Å². The predicted octanol–water partition coefficient (Wildman–Crippen LogP) is 0.292. The molecule has 0 amide bonds. The van der Waals surface area contributed by atoms with Crippen molar-refractivity contribution in [2.24, 2.45) is 4.99 Å². The highest BCUT2D eigenvalue weighted by atomic mass is 16.5. The van der Waals surface area contributed by atoms with Crippen molar-refractivity contribution in [3.63, 3.8) is 0 Å². The molecule has 0 aliphatic carbocycles. The lowest BCUT2D eigenvalue weighted by molar-refractivity contribution is -0.129. The van der Waals surface area contributed by atoms with Crippen molar-refractivity contribution in [2.75, 3.05) is 13.1 Å². The lowest BCUT2D eigenvalue weighted by Gasteiger charge is -2.10. The van der Waals surface area contributed by atoms with Gasteiger partial charge in [-0.15, -0.1) is 0 Å². The number of nitrogens with zero attached hydrogens (tertiary/aromatic N) is 1. The Morgan fingerprint density at radius 1 is 1.77 bits per heavy atom. The highest BCUT2D eigenvalue weighted by Gasteiger charge is 2.13. The van der Waals surface area contributed by atoms with Gasteiger partial charge in [-0.1, -0.05) is 12.8 Å². The molecule has 0 fully saturated rings. The van der Waals surface area contributed by atoms with Gasteiger partial charge in [0.15, 0.2) is 0 Å². The lowest BCUT2D eigenvalue weighted by Crippen LogP contribution is -2.36. The van der Waals surface area contributed by atoms with Crippen LogP contribution in [0.25, 0.3) is 0 Å². The first kappa shape index (κ1) is 9.59. The molecule has 1 aliphatic rings. The summed E-state index contributed by atoms with van der Waals surface area (Å²) in [7, 11) is 0. The largest absolute Gasteiger partial charge is 0.387 e. The highest BCUT2D eigenvalue weighted by molar-refractivity contribution is 6.35. The van der Waals surface area contributed by atoms with E-state index in [1.165, 1.54) is 0 Å². The van der Waals surface area contributed by atoms with E-state index in [1.54, 1.807) is 0 Å². The maximum atomic E-state index is 11.2. The first-order valence-corrected chi connectivity index (χ1v) is 4.32. The van der Waals surface area contributed by atoms with Gasteiger partial charge in [0.2, 0.25) is 5.84 Å². The number of ether oxygens (including phenoxy) is 1. The Hall–Kier alpha value is -1.50. The number of carbonyl (C=O) groups is 1. The van der Waals surface area contributed by atoms with Crippen LogP contribution >= 0.6 is 0 Å². The number of hydrogen-bond donors (Lipinski definition) is 1. The number of nitrogens with one attached hydrogen (secondary N) is 1. The molecule has 1 rings (SSSR count). The zero-order chi connectivity index (χ0) is 9.52. The molecule has 0 aromatic heterocycles. The average Bonchev–Trinajstić information content (AvgIpc) is 2.19. The number of rotatable bonds is 1. The van der Waals surface area contributed by atoms with Crippen LogP contribution in [0.1, 0.15) is 19.8 Å². The Morgan fingerprint density at radius 3 is 3.23 bits per heavy atom. The van der Waals surface area contributed by atoms with Gasteiger partial charge < -0.3 is 10.1 Å². The quantitative estimate of drug-likeness (QED) is 0.466. The van der Waals surface area contributed by atoms with Crippen LogP contribution in [-0.2, 0) is 9.53 Å². The highest BCUT2D eigenvalue weighted by Crippen LogP contribution is 1.91. The molecule has 0 atom stereocenters. The minimum Gasteiger partial charge on any atom is -0.366 e. The van der Waals surface area contributed by atoms with Gasteiger partial charge in [0.1, 0.15) is 6.11 Å². The fraction of sp³-hybridized carbons (Fsp3) is 0.556. The number of hydrogen-bond acceptors (Lipinski definition) is 4.